The Morgan fingerprint density at radius 3 is 2.65 bits per heavy atom. The predicted molar refractivity (Wildman–Crippen MR) is 81.7 cm³/mol. The van der Waals surface area contributed by atoms with Crippen molar-refractivity contribution in [2.24, 2.45) is 0 Å². The van der Waals surface area contributed by atoms with Gasteiger partial charge in [0.2, 0.25) is 0 Å². The van der Waals surface area contributed by atoms with E-state index in [2.05, 4.69) is 5.32 Å². The topological polar surface area (TPSA) is 58.6 Å². The molecule has 2 N–H and O–H groups in total. The van der Waals surface area contributed by atoms with Gasteiger partial charge in [-0.3, -0.25) is 0 Å². The first-order valence-corrected chi connectivity index (χ1v) is 6.18. The molecule has 2 aromatic carbocycles. The number of benzene rings is 2. The second-order valence-corrected chi connectivity index (χ2v) is 4.39. The minimum Gasteiger partial charge on any atom is -0.479 e. The standard InChI is InChI=1S/C15H17NO3.ClH/c1-10(15(17)18)19-14-8-7-11-5-3-4-6-12(11)13(14)9-16-2;/h3-8,10,16H,9H2,1-2H3,(H,17,18);1H. The summed E-state index contributed by atoms with van der Waals surface area (Å²) in [6, 6.07) is 11.8. The molecule has 0 saturated heterocycles. The molecule has 2 rings (SSSR count). The van der Waals surface area contributed by atoms with Crippen molar-refractivity contribution in [1.29, 1.82) is 0 Å². The van der Waals surface area contributed by atoms with E-state index in [1.807, 2.05) is 43.4 Å². The van der Waals surface area contributed by atoms with Crippen LogP contribution in [0.4, 0.5) is 0 Å². The Labute approximate surface area is 124 Å². The Morgan fingerprint density at radius 2 is 2.00 bits per heavy atom. The fourth-order valence-corrected chi connectivity index (χ4v) is 2.03. The lowest BCUT2D eigenvalue weighted by molar-refractivity contribution is -0.144. The van der Waals surface area contributed by atoms with Crippen LogP contribution in [-0.4, -0.2) is 24.2 Å². The minimum absolute atomic E-state index is 0. The van der Waals surface area contributed by atoms with Gasteiger partial charge in [0.05, 0.1) is 0 Å². The van der Waals surface area contributed by atoms with E-state index in [0.717, 1.165) is 16.3 Å². The molecule has 0 spiro atoms. The molecule has 5 heteroatoms. The Bertz CT molecular complexity index is 601. The van der Waals surface area contributed by atoms with Crippen LogP contribution in [0.3, 0.4) is 0 Å². The van der Waals surface area contributed by atoms with Crippen LogP contribution in [0.5, 0.6) is 5.75 Å². The monoisotopic (exact) mass is 295 g/mol. The number of rotatable bonds is 5. The van der Waals surface area contributed by atoms with Gasteiger partial charge < -0.3 is 15.2 Å². The number of carboxylic acids is 1. The van der Waals surface area contributed by atoms with Crippen LogP contribution in [0.1, 0.15) is 12.5 Å². The second kappa shape index (κ2) is 7.12. The Kier molecular flexibility index (Phi) is 5.80. The SMILES string of the molecule is CNCc1c(OC(C)C(=O)O)ccc2ccccc12.Cl. The second-order valence-electron chi connectivity index (χ2n) is 4.39. The third-order valence-corrected chi connectivity index (χ3v) is 3.00. The summed E-state index contributed by atoms with van der Waals surface area (Å²) in [7, 11) is 1.85. The molecule has 4 nitrogen and oxygen atoms in total. The summed E-state index contributed by atoms with van der Waals surface area (Å²) in [5.41, 5.74) is 0.980. The number of nitrogens with one attached hydrogen (secondary N) is 1. The van der Waals surface area contributed by atoms with Gasteiger partial charge in [0, 0.05) is 12.1 Å². The molecule has 0 heterocycles. The fraction of sp³-hybridized carbons (Fsp3) is 0.267. The van der Waals surface area contributed by atoms with Crippen LogP contribution in [0.2, 0.25) is 0 Å². The first kappa shape index (κ1) is 16.3. The fourth-order valence-electron chi connectivity index (χ4n) is 2.03. The van der Waals surface area contributed by atoms with E-state index in [4.69, 9.17) is 9.84 Å². The zero-order chi connectivity index (χ0) is 13.8. The lowest BCUT2D eigenvalue weighted by Crippen LogP contribution is -2.24. The number of carbonyl (C=O) groups is 1. The molecule has 0 amide bonds. The molecule has 0 aliphatic heterocycles. The summed E-state index contributed by atoms with van der Waals surface area (Å²) in [6.45, 7) is 2.16. The molecule has 108 valence electrons. The van der Waals surface area contributed by atoms with Crippen molar-refractivity contribution in [1.82, 2.24) is 5.32 Å². The zero-order valence-corrected chi connectivity index (χ0v) is 12.2. The highest BCUT2D eigenvalue weighted by molar-refractivity contribution is 5.88. The maximum Gasteiger partial charge on any atom is 0.344 e. The van der Waals surface area contributed by atoms with Crippen molar-refractivity contribution in [2.45, 2.75) is 19.6 Å². The molecule has 0 fully saturated rings. The summed E-state index contributed by atoms with van der Waals surface area (Å²) in [5.74, 6) is -0.355. The highest BCUT2D eigenvalue weighted by atomic mass is 35.5. The molecule has 2 aromatic rings. The number of hydrogen-bond donors (Lipinski definition) is 2. The molecule has 0 saturated carbocycles. The quantitative estimate of drug-likeness (QED) is 0.890. The summed E-state index contributed by atoms with van der Waals surface area (Å²) >= 11 is 0. The zero-order valence-electron chi connectivity index (χ0n) is 11.4. The van der Waals surface area contributed by atoms with Crippen molar-refractivity contribution >= 4 is 29.1 Å². The molecule has 1 atom stereocenters. The van der Waals surface area contributed by atoms with Gasteiger partial charge in [0.15, 0.2) is 6.10 Å². The number of fused-ring (bicyclic) bond motifs is 1. The Balaban J connectivity index is 0.00000200. The van der Waals surface area contributed by atoms with Crippen LogP contribution < -0.4 is 10.1 Å². The lowest BCUT2D eigenvalue weighted by Gasteiger charge is -2.16. The normalized spacial score (nSPS) is 11.7. The Hall–Kier alpha value is -1.78. The number of aliphatic carboxylic acids is 1. The number of halogens is 1. The van der Waals surface area contributed by atoms with E-state index < -0.39 is 12.1 Å². The van der Waals surface area contributed by atoms with Crippen molar-refractivity contribution < 1.29 is 14.6 Å². The summed E-state index contributed by atoms with van der Waals surface area (Å²) in [4.78, 5) is 10.9. The van der Waals surface area contributed by atoms with Gasteiger partial charge in [-0.25, -0.2) is 4.79 Å². The van der Waals surface area contributed by atoms with Gasteiger partial charge in [-0.1, -0.05) is 30.3 Å². The van der Waals surface area contributed by atoms with E-state index in [9.17, 15) is 4.79 Å². The van der Waals surface area contributed by atoms with Crippen LogP contribution in [-0.2, 0) is 11.3 Å². The van der Waals surface area contributed by atoms with Crippen molar-refractivity contribution in [3.63, 3.8) is 0 Å². The molecule has 0 radical (unpaired) electrons. The number of ether oxygens (including phenoxy) is 1. The predicted octanol–water partition coefficient (Wildman–Crippen LogP) is 2.83. The van der Waals surface area contributed by atoms with Crippen LogP contribution in [0, 0.1) is 0 Å². The largest absolute Gasteiger partial charge is 0.479 e. The molecular weight excluding hydrogens is 278 g/mol. The van der Waals surface area contributed by atoms with E-state index in [0.29, 0.717) is 12.3 Å². The van der Waals surface area contributed by atoms with Gasteiger partial charge in [-0.05, 0) is 30.8 Å². The molecule has 0 aliphatic rings. The third kappa shape index (κ3) is 3.40. The minimum atomic E-state index is -0.969. The lowest BCUT2D eigenvalue weighted by atomic mass is 10.0. The molecule has 1 unspecified atom stereocenters. The van der Waals surface area contributed by atoms with Crippen molar-refractivity contribution in [3.8, 4) is 5.75 Å². The van der Waals surface area contributed by atoms with Crippen LogP contribution >= 0.6 is 12.4 Å². The van der Waals surface area contributed by atoms with Crippen LogP contribution in [0.25, 0.3) is 10.8 Å². The van der Waals surface area contributed by atoms with Crippen molar-refractivity contribution in [3.05, 3.63) is 42.0 Å². The summed E-state index contributed by atoms with van der Waals surface area (Å²) < 4.78 is 5.53. The first-order valence-electron chi connectivity index (χ1n) is 6.18. The maximum atomic E-state index is 10.9. The molecule has 20 heavy (non-hydrogen) atoms. The smallest absolute Gasteiger partial charge is 0.344 e. The highest BCUT2D eigenvalue weighted by Crippen LogP contribution is 2.28. The molecule has 0 aromatic heterocycles. The number of hydrogen-bond acceptors (Lipinski definition) is 3. The van der Waals surface area contributed by atoms with E-state index in [1.165, 1.54) is 6.92 Å². The highest BCUT2D eigenvalue weighted by Gasteiger charge is 2.16. The van der Waals surface area contributed by atoms with E-state index in [-0.39, 0.29) is 12.4 Å². The first-order chi connectivity index (χ1) is 9.13. The summed E-state index contributed by atoms with van der Waals surface area (Å²) in [6.07, 6.45) is -0.864. The van der Waals surface area contributed by atoms with E-state index in [1.54, 1.807) is 0 Å². The summed E-state index contributed by atoms with van der Waals surface area (Å²) in [5, 5.41) is 14.2. The Morgan fingerprint density at radius 1 is 1.30 bits per heavy atom. The molecule has 0 bridgehead atoms. The average Bonchev–Trinajstić information content (AvgIpc) is 2.41. The van der Waals surface area contributed by atoms with Gasteiger partial charge >= 0.3 is 5.97 Å². The average molecular weight is 296 g/mol. The van der Waals surface area contributed by atoms with Gasteiger partial charge in [-0.15, -0.1) is 12.4 Å². The van der Waals surface area contributed by atoms with Gasteiger partial charge in [0.1, 0.15) is 5.75 Å². The maximum absolute atomic E-state index is 10.9. The van der Waals surface area contributed by atoms with Gasteiger partial charge in [-0.2, -0.15) is 0 Å². The van der Waals surface area contributed by atoms with Crippen molar-refractivity contribution in [2.75, 3.05) is 7.05 Å². The van der Waals surface area contributed by atoms with E-state index >= 15 is 0 Å². The third-order valence-electron chi connectivity index (χ3n) is 3.00. The van der Waals surface area contributed by atoms with Crippen LogP contribution in [0.15, 0.2) is 36.4 Å². The molecule has 0 aliphatic carbocycles. The number of carboxylic acid groups (broad SMARTS) is 1. The molecular formula is C15H18ClNO3. The van der Waals surface area contributed by atoms with Gasteiger partial charge in [0.25, 0.3) is 0 Å².